The summed E-state index contributed by atoms with van der Waals surface area (Å²) in [5.41, 5.74) is 1.17. The molecule has 0 unspecified atom stereocenters. The Balaban J connectivity index is 1.77. The van der Waals surface area contributed by atoms with Crippen molar-refractivity contribution in [3.63, 3.8) is 0 Å². The zero-order valence-electron chi connectivity index (χ0n) is 14.9. The molecule has 0 fully saturated rings. The highest BCUT2D eigenvalue weighted by atomic mass is 16.5. The van der Waals surface area contributed by atoms with Crippen LogP contribution in [0.15, 0.2) is 48.0 Å². The maximum Gasteiger partial charge on any atom is 0.192 e. The van der Waals surface area contributed by atoms with Crippen LogP contribution in [0.4, 0.5) is 0 Å². The summed E-state index contributed by atoms with van der Waals surface area (Å²) in [6.45, 7) is 8.57. The fourth-order valence-electron chi connectivity index (χ4n) is 2.09. The molecule has 0 atom stereocenters. The summed E-state index contributed by atoms with van der Waals surface area (Å²) >= 11 is 0. The SMILES string of the molecule is C=CCNC(=NCc1nnc(C)n1C)NCCOCc1ccccc1. The molecule has 7 nitrogen and oxygen atoms in total. The van der Waals surface area contributed by atoms with Crippen LogP contribution in [0.2, 0.25) is 0 Å². The number of hydrogen-bond acceptors (Lipinski definition) is 4. The van der Waals surface area contributed by atoms with Crippen LogP contribution in [0.5, 0.6) is 0 Å². The van der Waals surface area contributed by atoms with Crippen LogP contribution in [0.25, 0.3) is 0 Å². The Morgan fingerprint density at radius 1 is 1.28 bits per heavy atom. The number of ether oxygens (including phenoxy) is 1. The van der Waals surface area contributed by atoms with E-state index in [2.05, 4.69) is 44.5 Å². The number of nitrogens with zero attached hydrogens (tertiary/aromatic N) is 4. The van der Waals surface area contributed by atoms with E-state index < -0.39 is 0 Å². The van der Waals surface area contributed by atoms with Gasteiger partial charge in [-0.3, -0.25) is 0 Å². The Hall–Kier alpha value is -2.67. The lowest BCUT2D eigenvalue weighted by Gasteiger charge is -2.11. The first kappa shape index (κ1) is 18.7. The monoisotopic (exact) mass is 342 g/mol. The third kappa shape index (κ3) is 6.39. The van der Waals surface area contributed by atoms with Gasteiger partial charge in [0.2, 0.25) is 0 Å². The lowest BCUT2D eigenvalue weighted by Crippen LogP contribution is -2.39. The van der Waals surface area contributed by atoms with Crippen LogP contribution in [-0.2, 0) is 24.9 Å². The lowest BCUT2D eigenvalue weighted by molar-refractivity contribution is 0.125. The second kappa shape index (κ2) is 10.2. The first-order valence-electron chi connectivity index (χ1n) is 8.30. The Bertz CT molecular complexity index is 680. The number of aliphatic imine (C=N–C) groups is 1. The highest BCUT2D eigenvalue weighted by molar-refractivity contribution is 5.79. The summed E-state index contributed by atoms with van der Waals surface area (Å²) in [7, 11) is 1.93. The van der Waals surface area contributed by atoms with Crippen LogP contribution in [0.1, 0.15) is 17.2 Å². The summed E-state index contributed by atoms with van der Waals surface area (Å²) in [6.07, 6.45) is 1.79. The molecular formula is C18H26N6O. The molecule has 0 saturated carbocycles. The van der Waals surface area contributed by atoms with Crippen LogP contribution in [0, 0.1) is 6.92 Å². The second-order valence-electron chi connectivity index (χ2n) is 5.52. The Kier molecular flexibility index (Phi) is 7.65. The predicted molar refractivity (Wildman–Crippen MR) is 99.2 cm³/mol. The number of guanidine groups is 1. The highest BCUT2D eigenvalue weighted by Crippen LogP contribution is 2.00. The minimum Gasteiger partial charge on any atom is -0.375 e. The minimum absolute atomic E-state index is 0.453. The number of rotatable bonds is 9. The first-order valence-corrected chi connectivity index (χ1v) is 8.30. The molecule has 1 heterocycles. The summed E-state index contributed by atoms with van der Waals surface area (Å²) in [6, 6.07) is 10.1. The maximum atomic E-state index is 5.67. The molecule has 2 N–H and O–H groups in total. The molecule has 0 aliphatic carbocycles. The molecule has 1 aromatic heterocycles. The molecule has 0 bridgehead atoms. The van der Waals surface area contributed by atoms with Crippen LogP contribution in [0.3, 0.4) is 0 Å². The molecular weight excluding hydrogens is 316 g/mol. The number of aromatic nitrogens is 3. The van der Waals surface area contributed by atoms with Gasteiger partial charge in [0.25, 0.3) is 0 Å². The molecule has 0 saturated heterocycles. The summed E-state index contributed by atoms with van der Waals surface area (Å²) < 4.78 is 7.60. The summed E-state index contributed by atoms with van der Waals surface area (Å²) in [5.74, 6) is 2.38. The van der Waals surface area contributed by atoms with Crippen molar-refractivity contribution in [1.29, 1.82) is 0 Å². The molecule has 0 spiro atoms. The van der Waals surface area contributed by atoms with Gasteiger partial charge in [-0.15, -0.1) is 16.8 Å². The fourth-order valence-corrected chi connectivity index (χ4v) is 2.09. The van der Waals surface area contributed by atoms with Crippen molar-refractivity contribution < 1.29 is 4.74 Å². The largest absolute Gasteiger partial charge is 0.375 e. The van der Waals surface area contributed by atoms with Gasteiger partial charge in [0.1, 0.15) is 12.4 Å². The van der Waals surface area contributed by atoms with Gasteiger partial charge < -0.3 is 19.9 Å². The van der Waals surface area contributed by atoms with Crippen molar-refractivity contribution in [2.75, 3.05) is 19.7 Å². The van der Waals surface area contributed by atoms with Gasteiger partial charge >= 0.3 is 0 Å². The normalized spacial score (nSPS) is 11.4. The summed E-state index contributed by atoms with van der Waals surface area (Å²) in [5, 5.41) is 14.6. The fraction of sp³-hybridized carbons (Fsp3) is 0.389. The van der Waals surface area contributed by atoms with Crippen molar-refractivity contribution >= 4 is 5.96 Å². The molecule has 0 aliphatic rings. The standard InChI is InChI=1S/C18H26N6O/c1-4-10-19-18(21-13-17-23-22-15(2)24(17)3)20-11-12-25-14-16-8-6-5-7-9-16/h4-9H,1,10-14H2,2-3H3,(H2,19,20,21). The number of benzene rings is 1. The van der Waals surface area contributed by atoms with Crippen LogP contribution in [-0.4, -0.2) is 40.4 Å². The highest BCUT2D eigenvalue weighted by Gasteiger charge is 2.04. The van der Waals surface area contributed by atoms with E-state index in [4.69, 9.17) is 4.74 Å². The van der Waals surface area contributed by atoms with E-state index in [1.54, 1.807) is 6.08 Å². The molecule has 0 amide bonds. The topological polar surface area (TPSA) is 76.4 Å². The molecule has 2 aromatic rings. The zero-order chi connectivity index (χ0) is 17.9. The molecule has 1 aromatic carbocycles. The van der Waals surface area contributed by atoms with Gasteiger partial charge in [0, 0.05) is 20.1 Å². The molecule has 0 radical (unpaired) electrons. The molecule has 25 heavy (non-hydrogen) atoms. The Labute approximate surface area is 148 Å². The van der Waals surface area contributed by atoms with Crippen LogP contribution >= 0.6 is 0 Å². The molecule has 7 heteroatoms. The molecule has 2 rings (SSSR count). The van der Waals surface area contributed by atoms with Crippen molar-refractivity contribution in [2.45, 2.75) is 20.1 Å². The quantitative estimate of drug-likeness (QED) is 0.313. The van der Waals surface area contributed by atoms with E-state index in [-0.39, 0.29) is 0 Å². The number of aryl methyl sites for hydroxylation is 1. The van der Waals surface area contributed by atoms with Crippen molar-refractivity contribution in [1.82, 2.24) is 25.4 Å². The first-order chi connectivity index (χ1) is 12.2. The van der Waals surface area contributed by atoms with E-state index in [1.165, 1.54) is 5.56 Å². The smallest absolute Gasteiger partial charge is 0.192 e. The number of nitrogens with one attached hydrogen (secondary N) is 2. The van der Waals surface area contributed by atoms with E-state index in [0.717, 1.165) is 11.6 Å². The average Bonchev–Trinajstić information content (AvgIpc) is 2.96. The van der Waals surface area contributed by atoms with Gasteiger partial charge in [0.05, 0.1) is 13.2 Å². The van der Waals surface area contributed by atoms with Gasteiger partial charge in [-0.2, -0.15) is 0 Å². The summed E-state index contributed by atoms with van der Waals surface area (Å²) in [4.78, 5) is 4.53. The maximum absolute atomic E-state index is 5.67. The van der Waals surface area contributed by atoms with Crippen molar-refractivity contribution in [2.24, 2.45) is 12.0 Å². The Morgan fingerprint density at radius 2 is 2.08 bits per heavy atom. The number of hydrogen-bond donors (Lipinski definition) is 2. The minimum atomic E-state index is 0.453. The van der Waals surface area contributed by atoms with Crippen molar-refractivity contribution in [3.05, 3.63) is 60.2 Å². The van der Waals surface area contributed by atoms with Gasteiger partial charge in [0.15, 0.2) is 11.8 Å². The van der Waals surface area contributed by atoms with Crippen molar-refractivity contribution in [3.8, 4) is 0 Å². The lowest BCUT2D eigenvalue weighted by atomic mass is 10.2. The predicted octanol–water partition coefficient (Wildman–Crippen LogP) is 1.56. The van der Waals surface area contributed by atoms with E-state index in [9.17, 15) is 0 Å². The average molecular weight is 342 g/mol. The van der Waals surface area contributed by atoms with E-state index >= 15 is 0 Å². The van der Waals surface area contributed by atoms with Crippen LogP contribution < -0.4 is 10.6 Å². The third-order valence-corrected chi connectivity index (χ3v) is 3.63. The second-order valence-corrected chi connectivity index (χ2v) is 5.52. The van der Waals surface area contributed by atoms with E-state index in [1.807, 2.05) is 36.7 Å². The Morgan fingerprint density at radius 3 is 2.76 bits per heavy atom. The third-order valence-electron chi connectivity index (χ3n) is 3.63. The van der Waals surface area contributed by atoms with Gasteiger partial charge in [-0.05, 0) is 12.5 Å². The zero-order valence-corrected chi connectivity index (χ0v) is 14.9. The molecule has 0 aliphatic heterocycles. The molecule has 134 valence electrons. The van der Waals surface area contributed by atoms with E-state index in [0.29, 0.717) is 38.8 Å². The van der Waals surface area contributed by atoms with Gasteiger partial charge in [-0.25, -0.2) is 4.99 Å². The van der Waals surface area contributed by atoms with Gasteiger partial charge in [-0.1, -0.05) is 36.4 Å².